The average molecular weight is 294 g/mol. The molecule has 0 aliphatic carbocycles. The number of hydrogen-bond donors (Lipinski definition) is 1. The third-order valence-corrected chi connectivity index (χ3v) is 4.02. The number of aromatic nitrogens is 2. The molecule has 0 radical (unpaired) electrons. The van der Waals surface area contributed by atoms with E-state index in [1.807, 2.05) is 16.7 Å². The van der Waals surface area contributed by atoms with Crippen LogP contribution in [0.5, 0.6) is 0 Å². The molecule has 0 atom stereocenters. The zero-order valence-electron chi connectivity index (χ0n) is 11.2. The Kier molecular flexibility index (Phi) is 3.63. The van der Waals surface area contributed by atoms with Gasteiger partial charge in [-0.25, -0.2) is 9.78 Å². The Balaban J connectivity index is 2.14. The first-order valence-electron chi connectivity index (χ1n) is 6.68. The van der Waals surface area contributed by atoms with Crippen LogP contribution in [0.3, 0.4) is 0 Å². The molecular formula is C14H16ClN3O2. The number of carbonyl (C=O) groups is 1. The third kappa shape index (κ3) is 2.17. The van der Waals surface area contributed by atoms with Gasteiger partial charge in [0.25, 0.3) is 0 Å². The molecule has 5 nitrogen and oxygen atoms in total. The largest absolute Gasteiger partial charge is 0.465 e. The molecule has 106 valence electrons. The molecular weight excluding hydrogens is 278 g/mol. The van der Waals surface area contributed by atoms with Crippen molar-refractivity contribution < 1.29 is 9.53 Å². The average Bonchev–Trinajstić information content (AvgIpc) is 2.85. The molecule has 1 fully saturated rings. The summed E-state index contributed by atoms with van der Waals surface area (Å²) in [5.41, 5.74) is 1.09. The van der Waals surface area contributed by atoms with E-state index in [1.165, 1.54) is 7.11 Å². The Bertz CT molecular complexity index is 647. The summed E-state index contributed by atoms with van der Waals surface area (Å²) in [6, 6.07) is 3.53. The van der Waals surface area contributed by atoms with Gasteiger partial charge in [0.2, 0.25) is 0 Å². The topological polar surface area (TPSA) is 55.6 Å². The lowest BCUT2D eigenvalue weighted by molar-refractivity contribution is 0.0602. The fraction of sp³-hybridized carbons (Fsp3) is 0.429. The number of fused-ring (bicyclic) bond motifs is 1. The molecule has 1 saturated heterocycles. The molecule has 0 amide bonds. The fourth-order valence-electron chi connectivity index (χ4n) is 2.76. The first-order chi connectivity index (χ1) is 9.72. The van der Waals surface area contributed by atoms with Gasteiger partial charge in [-0.1, -0.05) is 11.6 Å². The first kappa shape index (κ1) is 13.4. The van der Waals surface area contributed by atoms with Gasteiger partial charge in [0.1, 0.15) is 5.82 Å². The number of rotatable bonds is 2. The molecule has 3 heterocycles. The molecule has 0 bridgehead atoms. The Labute approximate surface area is 121 Å². The highest BCUT2D eigenvalue weighted by Crippen LogP contribution is 2.30. The Morgan fingerprint density at radius 2 is 2.25 bits per heavy atom. The van der Waals surface area contributed by atoms with Gasteiger partial charge in [-0.3, -0.25) is 0 Å². The monoisotopic (exact) mass is 293 g/mol. The molecule has 0 saturated carbocycles. The highest BCUT2D eigenvalue weighted by molar-refractivity contribution is 6.33. The van der Waals surface area contributed by atoms with Gasteiger partial charge in [0.05, 0.1) is 18.2 Å². The van der Waals surface area contributed by atoms with Crippen molar-refractivity contribution in [2.75, 3.05) is 20.2 Å². The fourth-order valence-corrected chi connectivity index (χ4v) is 3.04. The summed E-state index contributed by atoms with van der Waals surface area (Å²) >= 11 is 6.25. The molecule has 0 aromatic carbocycles. The van der Waals surface area contributed by atoms with Crippen molar-refractivity contribution in [3.8, 4) is 0 Å². The summed E-state index contributed by atoms with van der Waals surface area (Å²) < 4.78 is 6.73. The van der Waals surface area contributed by atoms with E-state index in [-0.39, 0.29) is 0 Å². The predicted molar refractivity (Wildman–Crippen MR) is 76.4 cm³/mol. The molecule has 3 rings (SSSR count). The highest BCUT2D eigenvalue weighted by atomic mass is 35.5. The number of esters is 1. The number of methoxy groups -OCH3 is 1. The Hall–Kier alpha value is -1.59. The van der Waals surface area contributed by atoms with Crippen LogP contribution in [0, 0.1) is 0 Å². The van der Waals surface area contributed by atoms with E-state index in [0.29, 0.717) is 22.2 Å². The van der Waals surface area contributed by atoms with Gasteiger partial charge in [0, 0.05) is 12.1 Å². The normalized spacial score (nSPS) is 16.5. The zero-order valence-corrected chi connectivity index (χ0v) is 12.0. The standard InChI is InChI=1S/C14H16ClN3O2/c1-20-14(19)10-3-2-8-18-11(10)12(15)17-13(18)9-4-6-16-7-5-9/h2-3,8-9,16H,4-7H2,1H3. The van der Waals surface area contributed by atoms with Crippen LogP contribution in [0.1, 0.15) is 34.9 Å². The number of halogens is 1. The van der Waals surface area contributed by atoms with Crippen molar-refractivity contribution in [3.63, 3.8) is 0 Å². The second kappa shape index (κ2) is 5.42. The van der Waals surface area contributed by atoms with Crippen molar-refractivity contribution in [3.05, 3.63) is 34.9 Å². The van der Waals surface area contributed by atoms with E-state index in [1.54, 1.807) is 6.07 Å². The van der Waals surface area contributed by atoms with Gasteiger partial charge in [0.15, 0.2) is 5.15 Å². The van der Waals surface area contributed by atoms with Crippen LogP contribution in [0.2, 0.25) is 5.15 Å². The third-order valence-electron chi connectivity index (χ3n) is 3.76. The lowest BCUT2D eigenvalue weighted by Gasteiger charge is -2.21. The van der Waals surface area contributed by atoms with Gasteiger partial charge in [-0.15, -0.1) is 0 Å². The summed E-state index contributed by atoms with van der Waals surface area (Å²) in [6.07, 6.45) is 3.95. The summed E-state index contributed by atoms with van der Waals surface area (Å²) in [4.78, 5) is 16.3. The molecule has 20 heavy (non-hydrogen) atoms. The number of piperidine rings is 1. The van der Waals surface area contributed by atoms with Crippen LogP contribution in [0.4, 0.5) is 0 Å². The number of nitrogens with one attached hydrogen (secondary N) is 1. The van der Waals surface area contributed by atoms with Crippen LogP contribution in [-0.2, 0) is 4.74 Å². The minimum absolute atomic E-state index is 0.361. The summed E-state index contributed by atoms with van der Waals surface area (Å²) in [5, 5.41) is 3.69. The smallest absolute Gasteiger partial charge is 0.340 e. The van der Waals surface area contributed by atoms with E-state index in [9.17, 15) is 4.79 Å². The number of imidazole rings is 1. The number of ether oxygens (including phenoxy) is 1. The van der Waals surface area contributed by atoms with Crippen molar-refractivity contribution in [1.29, 1.82) is 0 Å². The van der Waals surface area contributed by atoms with Gasteiger partial charge in [-0.2, -0.15) is 0 Å². The molecule has 0 spiro atoms. The minimum Gasteiger partial charge on any atom is -0.465 e. The lowest BCUT2D eigenvalue weighted by Crippen LogP contribution is -2.27. The Morgan fingerprint density at radius 1 is 1.50 bits per heavy atom. The SMILES string of the molecule is COC(=O)c1cccn2c(C3CCNCC3)nc(Cl)c12. The Morgan fingerprint density at radius 3 is 2.95 bits per heavy atom. The van der Waals surface area contributed by atoms with E-state index in [0.717, 1.165) is 31.8 Å². The first-order valence-corrected chi connectivity index (χ1v) is 7.05. The summed E-state index contributed by atoms with van der Waals surface area (Å²) in [6.45, 7) is 1.96. The maximum Gasteiger partial charge on any atom is 0.340 e. The second-order valence-electron chi connectivity index (χ2n) is 4.92. The summed E-state index contributed by atoms with van der Waals surface area (Å²) in [5.74, 6) is 0.899. The van der Waals surface area contributed by atoms with Crippen molar-refractivity contribution in [1.82, 2.24) is 14.7 Å². The minimum atomic E-state index is -0.394. The molecule has 1 aliphatic rings. The highest BCUT2D eigenvalue weighted by Gasteiger charge is 2.24. The van der Waals surface area contributed by atoms with Crippen LogP contribution in [0.25, 0.3) is 5.52 Å². The number of hydrogen-bond acceptors (Lipinski definition) is 4. The maximum atomic E-state index is 11.8. The van der Waals surface area contributed by atoms with Crippen molar-refractivity contribution >= 4 is 23.1 Å². The van der Waals surface area contributed by atoms with E-state index in [2.05, 4.69) is 10.3 Å². The predicted octanol–water partition coefficient (Wildman–Crippen LogP) is 2.24. The van der Waals surface area contributed by atoms with Gasteiger partial charge >= 0.3 is 5.97 Å². The number of nitrogens with zero attached hydrogens (tertiary/aromatic N) is 2. The number of pyridine rings is 1. The maximum absolute atomic E-state index is 11.8. The van der Waals surface area contributed by atoms with Crippen molar-refractivity contribution in [2.24, 2.45) is 0 Å². The van der Waals surface area contributed by atoms with E-state index < -0.39 is 5.97 Å². The van der Waals surface area contributed by atoms with Gasteiger partial charge < -0.3 is 14.5 Å². The molecule has 2 aromatic rings. The van der Waals surface area contributed by atoms with Crippen LogP contribution >= 0.6 is 11.6 Å². The van der Waals surface area contributed by atoms with E-state index >= 15 is 0 Å². The molecule has 2 aromatic heterocycles. The van der Waals surface area contributed by atoms with Crippen LogP contribution in [0.15, 0.2) is 18.3 Å². The van der Waals surface area contributed by atoms with Crippen molar-refractivity contribution in [2.45, 2.75) is 18.8 Å². The quantitative estimate of drug-likeness (QED) is 0.863. The van der Waals surface area contributed by atoms with Crippen LogP contribution < -0.4 is 5.32 Å². The zero-order chi connectivity index (χ0) is 14.1. The van der Waals surface area contributed by atoms with Crippen LogP contribution in [-0.4, -0.2) is 35.6 Å². The lowest BCUT2D eigenvalue weighted by atomic mass is 9.97. The van der Waals surface area contributed by atoms with Gasteiger partial charge in [-0.05, 0) is 38.1 Å². The molecule has 1 N–H and O–H groups in total. The van der Waals surface area contributed by atoms with E-state index in [4.69, 9.17) is 16.3 Å². The number of carbonyl (C=O) groups excluding carboxylic acids is 1. The molecule has 1 aliphatic heterocycles. The second-order valence-corrected chi connectivity index (χ2v) is 5.28. The summed E-state index contributed by atoms with van der Waals surface area (Å²) in [7, 11) is 1.36. The molecule has 6 heteroatoms. The molecule has 0 unspecified atom stereocenters.